The number of amides is 1. The van der Waals surface area contributed by atoms with E-state index in [-0.39, 0.29) is 11.3 Å². The van der Waals surface area contributed by atoms with Crippen LogP contribution in [-0.2, 0) is 5.41 Å². The molecular formula is C23H27N3O4. The van der Waals surface area contributed by atoms with Gasteiger partial charge in [0.15, 0.2) is 11.5 Å². The standard InChI is InChI=1S/C23H27N3O4/c1-23(2)16-9-7-8-10-17(16)26(3)20(23)11-12-24-25-22(27)15-13-18(28-4)21(30-6)19(14-15)29-5/h7-14H,1-6H3,(H,25,27). The third-order valence-electron chi connectivity index (χ3n) is 5.34. The molecule has 0 bridgehead atoms. The lowest BCUT2D eigenvalue weighted by molar-refractivity contribution is 0.0954. The first-order chi connectivity index (χ1) is 14.3. The highest BCUT2D eigenvalue weighted by molar-refractivity contribution is 5.96. The molecule has 1 amide bonds. The summed E-state index contributed by atoms with van der Waals surface area (Å²) < 4.78 is 15.9. The molecule has 0 atom stereocenters. The Morgan fingerprint density at radius 3 is 2.27 bits per heavy atom. The number of fused-ring (bicyclic) bond motifs is 1. The molecular weight excluding hydrogens is 382 g/mol. The Hall–Kier alpha value is -3.48. The van der Waals surface area contributed by atoms with Gasteiger partial charge in [0.25, 0.3) is 5.91 Å². The second-order valence-electron chi connectivity index (χ2n) is 7.39. The number of nitrogens with zero attached hydrogens (tertiary/aromatic N) is 2. The predicted molar refractivity (Wildman–Crippen MR) is 118 cm³/mol. The zero-order valence-corrected chi connectivity index (χ0v) is 18.1. The van der Waals surface area contributed by atoms with Gasteiger partial charge in [-0.1, -0.05) is 32.0 Å². The maximum absolute atomic E-state index is 12.5. The predicted octanol–water partition coefficient (Wildman–Crippen LogP) is 3.74. The van der Waals surface area contributed by atoms with Crippen LogP contribution >= 0.6 is 0 Å². The van der Waals surface area contributed by atoms with Crippen LogP contribution in [0, 0.1) is 0 Å². The maximum Gasteiger partial charge on any atom is 0.271 e. The van der Waals surface area contributed by atoms with Crippen LogP contribution in [0.15, 0.2) is 53.3 Å². The van der Waals surface area contributed by atoms with E-state index in [4.69, 9.17) is 14.2 Å². The number of ether oxygens (including phenoxy) is 3. The molecule has 0 radical (unpaired) electrons. The Kier molecular flexibility index (Phi) is 6.01. The van der Waals surface area contributed by atoms with Crippen molar-refractivity contribution in [2.45, 2.75) is 19.3 Å². The van der Waals surface area contributed by atoms with Gasteiger partial charge in [-0.2, -0.15) is 5.10 Å². The Bertz CT molecular complexity index is 986. The summed E-state index contributed by atoms with van der Waals surface area (Å²) in [7, 11) is 6.54. The van der Waals surface area contributed by atoms with E-state index < -0.39 is 0 Å². The maximum atomic E-state index is 12.5. The highest BCUT2D eigenvalue weighted by Crippen LogP contribution is 2.46. The van der Waals surface area contributed by atoms with Crippen molar-refractivity contribution >= 4 is 17.8 Å². The molecule has 0 aliphatic carbocycles. The lowest BCUT2D eigenvalue weighted by Gasteiger charge is -2.23. The quantitative estimate of drug-likeness (QED) is 0.581. The molecule has 0 unspecified atom stereocenters. The normalized spacial score (nSPS) is 15.9. The number of carbonyl (C=O) groups is 1. The number of hydrogen-bond donors (Lipinski definition) is 1. The molecule has 3 rings (SSSR count). The van der Waals surface area contributed by atoms with Gasteiger partial charge < -0.3 is 19.1 Å². The average Bonchev–Trinajstić information content (AvgIpc) is 2.95. The number of anilines is 1. The number of carbonyl (C=O) groups excluding carboxylic acids is 1. The fraction of sp³-hybridized carbons (Fsp3) is 0.304. The molecule has 0 spiro atoms. The van der Waals surface area contributed by atoms with Crippen LogP contribution in [0.4, 0.5) is 5.69 Å². The van der Waals surface area contributed by atoms with Crippen LogP contribution in [0.2, 0.25) is 0 Å². The summed E-state index contributed by atoms with van der Waals surface area (Å²) in [6.07, 6.45) is 3.50. The number of rotatable bonds is 6. The summed E-state index contributed by atoms with van der Waals surface area (Å²) in [6.45, 7) is 4.34. The third kappa shape index (κ3) is 3.70. The Morgan fingerprint density at radius 2 is 1.70 bits per heavy atom. The van der Waals surface area contributed by atoms with Gasteiger partial charge in [-0.3, -0.25) is 4.79 Å². The van der Waals surface area contributed by atoms with Crippen molar-refractivity contribution in [3.05, 3.63) is 59.3 Å². The van der Waals surface area contributed by atoms with Gasteiger partial charge in [0.05, 0.1) is 21.3 Å². The molecule has 2 aromatic rings. The van der Waals surface area contributed by atoms with E-state index in [9.17, 15) is 4.79 Å². The van der Waals surface area contributed by atoms with Crippen molar-refractivity contribution in [1.82, 2.24) is 5.43 Å². The minimum Gasteiger partial charge on any atom is -0.493 e. The smallest absolute Gasteiger partial charge is 0.271 e. The summed E-state index contributed by atoms with van der Waals surface area (Å²) in [6, 6.07) is 11.5. The van der Waals surface area contributed by atoms with Crippen molar-refractivity contribution < 1.29 is 19.0 Å². The number of nitrogens with one attached hydrogen (secondary N) is 1. The Labute approximate surface area is 176 Å². The second-order valence-corrected chi connectivity index (χ2v) is 7.39. The third-order valence-corrected chi connectivity index (χ3v) is 5.34. The molecule has 2 aromatic carbocycles. The van der Waals surface area contributed by atoms with Gasteiger partial charge in [0.1, 0.15) is 0 Å². The van der Waals surface area contributed by atoms with Crippen LogP contribution in [0.25, 0.3) is 0 Å². The highest BCUT2D eigenvalue weighted by atomic mass is 16.5. The monoisotopic (exact) mass is 409 g/mol. The molecule has 1 aliphatic rings. The molecule has 0 saturated heterocycles. The number of hydrazone groups is 1. The molecule has 0 saturated carbocycles. The number of methoxy groups -OCH3 is 3. The average molecular weight is 409 g/mol. The molecule has 1 N–H and O–H groups in total. The Balaban J connectivity index is 1.77. The summed E-state index contributed by atoms with van der Waals surface area (Å²) >= 11 is 0. The molecule has 7 heteroatoms. The van der Waals surface area contributed by atoms with Crippen molar-refractivity contribution in [2.75, 3.05) is 33.3 Å². The van der Waals surface area contributed by atoms with E-state index in [0.29, 0.717) is 22.8 Å². The van der Waals surface area contributed by atoms with Crippen molar-refractivity contribution in [2.24, 2.45) is 5.10 Å². The number of hydrogen-bond acceptors (Lipinski definition) is 6. The molecule has 0 fully saturated rings. The molecule has 0 aromatic heterocycles. The summed E-state index contributed by atoms with van der Waals surface area (Å²) in [4.78, 5) is 14.7. The van der Waals surface area contributed by atoms with Crippen LogP contribution in [-0.4, -0.2) is 40.5 Å². The lowest BCUT2D eigenvalue weighted by Crippen LogP contribution is -2.23. The lowest BCUT2D eigenvalue weighted by atomic mass is 9.84. The van der Waals surface area contributed by atoms with Gasteiger partial charge in [-0.05, 0) is 29.8 Å². The molecule has 7 nitrogen and oxygen atoms in total. The number of para-hydroxylation sites is 1. The SMILES string of the molecule is COc1cc(C(=O)NN=CC=C2N(C)c3ccccc3C2(C)C)cc(OC)c1OC. The number of benzene rings is 2. The fourth-order valence-corrected chi connectivity index (χ4v) is 3.78. The van der Waals surface area contributed by atoms with Crippen molar-refractivity contribution in [1.29, 1.82) is 0 Å². The van der Waals surface area contributed by atoms with Gasteiger partial charge >= 0.3 is 0 Å². The van der Waals surface area contributed by atoms with E-state index in [0.717, 1.165) is 5.70 Å². The minimum atomic E-state index is -0.383. The molecule has 30 heavy (non-hydrogen) atoms. The molecule has 158 valence electrons. The number of allylic oxidation sites excluding steroid dienone is 2. The summed E-state index contributed by atoms with van der Waals surface area (Å²) in [5.74, 6) is 0.850. The van der Waals surface area contributed by atoms with Crippen molar-refractivity contribution in [3.8, 4) is 17.2 Å². The van der Waals surface area contributed by atoms with Crippen LogP contribution < -0.4 is 24.5 Å². The topological polar surface area (TPSA) is 72.4 Å². The van der Waals surface area contributed by atoms with Gasteiger partial charge in [0.2, 0.25) is 5.75 Å². The van der Waals surface area contributed by atoms with Gasteiger partial charge in [0, 0.05) is 35.6 Å². The number of likely N-dealkylation sites (N-methyl/N-ethyl adjacent to an activating group) is 1. The van der Waals surface area contributed by atoms with E-state index in [1.807, 2.05) is 25.3 Å². The first-order valence-electron chi connectivity index (χ1n) is 9.52. The first-order valence-corrected chi connectivity index (χ1v) is 9.52. The van der Waals surface area contributed by atoms with Crippen LogP contribution in [0.3, 0.4) is 0 Å². The van der Waals surface area contributed by atoms with E-state index in [1.54, 1.807) is 18.3 Å². The van der Waals surface area contributed by atoms with Crippen molar-refractivity contribution in [3.63, 3.8) is 0 Å². The minimum absolute atomic E-state index is 0.155. The van der Waals surface area contributed by atoms with Crippen LogP contribution in [0.5, 0.6) is 17.2 Å². The largest absolute Gasteiger partial charge is 0.493 e. The summed E-state index contributed by atoms with van der Waals surface area (Å²) in [5, 5.41) is 4.09. The van der Waals surface area contributed by atoms with E-state index in [2.05, 4.69) is 41.4 Å². The van der Waals surface area contributed by atoms with Crippen LogP contribution in [0.1, 0.15) is 29.8 Å². The molecule has 1 heterocycles. The highest BCUT2D eigenvalue weighted by Gasteiger charge is 2.37. The Morgan fingerprint density at radius 1 is 1.07 bits per heavy atom. The first kappa shape index (κ1) is 21.2. The van der Waals surface area contributed by atoms with Gasteiger partial charge in [-0.25, -0.2) is 5.43 Å². The second kappa shape index (κ2) is 8.49. The molecule has 1 aliphatic heterocycles. The zero-order chi connectivity index (χ0) is 21.9. The fourth-order valence-electron chi connectivity index (χ4n) is 3.78. The van der Waals surface area contributed by atoms with E-state index in [1.165, 1.54) is 32.6 Å². The zero-order valence-electron chi connectivity index (χ0n) is 18.1. The summed E-state index contributed by atoms with van der Waals surface area (Å²) in [5.41, 5.74) is 6.25. The van der Waals surface area contributed by atoms with E-state index >= 15 is 0 Å². The van der Waals surface area contributed by atoms with Gasteiger partial charge in [-0.15, -0.1) is 0 Å².